The van der Waals surface area contributed by atoms with Crippen LogP contribution in [0, 0.1) is 0 Å². The Morgan fingerprint density at radius 1 is 1.75 bits per heavy atom. The van der Waals surface area contributed by atoms with E-state index >= 15 is 0 Å². The van der Waals surface area contributed by atoms with Crippen molar-refractivity contribution in [1.82, 2.24) is 4.90 Å². The van der Waals surface area contributed by atoms with Crippen molar-refractivity contribution in [2.24, 2.45) is 0 Å². The van der Waals surface area contributed by atoms with E-state index in [-0.39, 0.29) is 12.0 Å². The smallest absolute Gasteiger partial charge is 0.323 e. The zero-order chi connectivity index (χ0) is 9.14. The van der Waals surface area contributed by atoms with Crippen LogP contribution < -0.4 is 0 Å². The van der Waals surface area contributed by atoms with E-state index in [0.717, 1.165) is 19.4 Å². The second-order valence-corrected chi connectivity index (χ2v) is 3.05. The number of hydrogen-bond donors (Lipinski definition) is 1. The fourth-order valence-corrected chi connectivity index (χ4v) is 1.63. The lowest BCUT2D eigenvalue weighted by Gasteiger charge is -2.24. The maximum absolute atomic E-state index is 11.2. The summed E-state index contributed by atoms with van der Waals surface area (Å²) in [6, 6.07) is -0.241. The highest BCUT2D eigenvalue weighted by molar-refractivity contribution is 5.75. The van der Waals surface area contributed by atoms with Crippen LogP contribution in [0.15, 0.2) is 0 Å². The van der Waals surface area contributed by atoms with Gasteiger partial charge in [0.15, 0.2) is 0 Å². The molecule has 1 heterocycles. The first kappa shape index (κ1) is 9.48. The molecule has 0 aromatic carbocycles. The van der Waals surface area contributed by atoms with Gasteiger partial charge >= 0.3 is 5.97 Å². The van der Waals surface area contributed by atoms with Crippen molar-refractivity contribution in [3.63, 3.8) is 0 Å². The molecule has 1 fully saturated rings. The van der Waals surface area contributed by atoms with Gasteiger partial charge in [-0.1, -0.05) is 0 Å². The van der Waals surface area contributed by atoms with Crippen LogP contribution >= 0.6 is 0 Å². The van der Waals surface area contributed by atoms with Gasteiger partial charge in [-0.25, -0.2) is 0 Å². The largest absolute Gasteiger partial charge is 0.468 e. The highest BCUT2D eigenvalue weighted by Crippen LogP contribution is 2.19. The van der Waals surface area contributed by atoms with E-state index < -0.39 is 6.23 Å². The molecule has 2 unspecified atom stereocenters. The fraction of sp³-hybridized carbons (Fsp3) is 0.875. The van der Waals surface area contributed by atoms with Gasteiger partial charge in [0.2, 0.25) is 0 Å². The van der Waals surface area contributed by atoms with Crippen LogP contribution in [0.1, 0.15) is 19.8 Å². The molecule has 0 radical (unpaired) electrons. The average Bonchev–Trinajstić information content (AvgIpc) is 2.50. The maximum Gasteiger partial charge on any atom is 0.323 e. The zero-order valence-electron chi connectivity index (χ0n) is 7.49. The van der Waals surface area contributed by atoms with Crippen molar-refractivity contribution >= 4 is 5.97 Å². The lowest BCUT2D eigenvalue weighted by molar-refractivity contribution is -0.149. The summed E-state index contributed by atoms with van der Waals surface area (Å²) < 4.78 is 4.62. The lowest BCUT2D eigenvalue weighted by Crippen LogP contribution is -2.42. The maximum atomic E-state index is 11.2. The molecule has 1 N–H and O–H groups in total. The number of carbonyl (C=O) groups is 1. The van der Waals surface area contributed by atoms with Crippen LogP contribution in [-0.4, -0.2) is 41.9 Å². The van der Waals surface area contributed by atoms with Crippen LogP contribution in [-0.2, 0) is 9.53 Å². The quantitative estimate of drug-likeness (QED) is 0.595. The predicted molar refractivity (Wildman–Crippen MR) is 43.4 cm³/mol. The number of carbonyl (C=O) groups excluding carboxylic acids is 1. The van der Waals surface area contributed by atoms with Crippen molar-refractivity contribution in [2.75, 3.05) is 13.7 Å². The number of hydrogen-bond acceptors (Lipinski definition) is 4. The Labute approximate surface area is 72.1 Å². The summed E-state index contributed by atoms with van der Waals surface area (Å²) in [5.74, 6) is -0.242. The molecule has 4 nitrogen and oxygen atoms in total. The first-order valence-electron chi connectivity index (χ1n) is 4.18. The van der Waals surface area contributed by atoms with Crippen LogP contribution in [0.5, 0.6) is 0 Å². The van der Waals surface area contributed by atoms with Gasteiger partial charge in [-0.2, -0.15) is 0 Å². The van der Waals surface area contributed by atoms with Crippen LogP contribution in [0.2, 0.25) is 0 Å². The number of aliphatic hydroxyl groups is 1. The summed E-state index contributed by atoms with van der Waals surface area (Å²) in [6.07, 6.45) is 1.18. The van der Waals surface area contributed by atoms with Crippen LogP contribution in [0.3, 0.4) is 0 Å². The molecule has 2 atom stereocenters. The molecule has 1 rings (SSSR count). The Morgan fingerprint density at radius 2 is 2.42 bits per heavy atom. The second-order valence-electron chi connectivity index (χ2n) is 3.05. The number of likely N-dealkylation sites (tertiary alicyclic amines) is 1. The minimum Gasteiger partial charge on any atom is -0.468 e. The zero-order valence-corrected chi connectivity index (χ0v) is 7.49. The highest BCUT2D eigenvalue weighted by atomic mass is 16.5. The summed E-state index contributed by atoms with van der Waals surface area (Å²) >= 11 is 0. The van der Waals surface area contributed by atoms with E-state index in [0.29, 0.717) is 0 Å². The van der Waals surface area contributed by atoms with E-state index in [1.807, 2.05) is 0 Å². The van der Waals surface area contributed by atoms with Crippen LogP contribution in [0.25, 0.3) is 0 Å². The van der Waals surface area contributed by atoms with Gasteiger partial charge in [-0.15, -0.1) is 0 Å². The van der Waals surface area contributed by atoms with Gasteiger partial charge in [0.25, 0.3) is 0 Å². The Hall–Kier alpha value is -0.610. The normalized spacial score (nSPS) is 27.1. The topological polar surface area (TPSA) is 49.8 Å². The molecule has 0 spiro atoms. The first-order valence-corrected chi connectivity index (χ1v) is 4.18. The molecule has 70 valence electrons. The molecular formula is C8H15NO3. The van der Waals surface area contributed by atoms with Gasteiger partial charge in [0, 0.05) is 6.54 Å². The van der Waals surface area contributed by atoms with E-state index in [4.69, 9.17) is 0 Å². The van der Waals surface area contributed by atoms with Crippen molar-refractivity contribution in [1.29, 1.82) is 0 Å². The third-order valence-corrected chi connectivity index (χ3v) is 2.25. The van der Waals surface area contributed by atoms with E-state index in [9.17, 15) is 9.90 Å². The van der Waals surface area contributed by atoms with E-state index in [2.05, 4.69) is 4.74 Å². The summed E-state index contributed by atoms with van der Waals surface area (Å²) in [7, 11) is 1.38. The Bertz CT molecular complexity index is 170. The van der Waals surface area contributed by atoms with Gasteiger partial charge in [0.1, 0.15) is 12.3 Å². The first-order chi connectivity index (χ1) is 5.66. The molecule has 0 aromatic heterocycles. The number of ether oxygens (including phenoxy) is 1. The minimum atomic E-state index is -0.559. The molecule has 0 aromatic rings. The molecule has 1 saturated heterocycles. The fourth-order valence-electron chi connectivity index (χ4n) is 1.63. The monoisotopic (exact) mass is 173 g/mol. The molecule has 12 heavy (non-hydrogen) atoms. The Balaban J connectivity index is 2.57. The molecule has 1 aliphatic rings. The third-order valence-electron chi connectivity index (χ3n) is 2.25. The van der Waals surface area contributed by atoms with Gasteiger partial charge in [0.05, 0.1) is 7.11 Å². The Morgan fingerprint density at radius 3 is 2.92 bits per heavy atom. The predicted octanol–water partition coefficient (Wildman–Crippen LogP) is -0.0379. The highest BCUT2D eigenvalue weighted by Gasteiger charge is 2.33. The third kappa shape index (κ3) is 1.76. The van der Waals surface area contributed by atoms with Crippen molar-refractivity contribution in [2.45, 2.75) is 32.0 Å². The lowest BCUT2D eigenvalue weighted by atomic mass is 10.2. The molecule has 4 heteroatoms. The summed E-state index contributed by atoms with van der Waals surface area (Å²) in [5.41, 5.74) is 0. The summed E-state index contributed by atoms with van der Waals surface area (Å²) in [5, 5.41) is 9.29. The average molecular weight is 173 g/mol. The minimum absolute atomic E-state index is 0.241. The standard InChI is InChI=1S/C8H15NO3/c1-6(10)9-5-3-4-7(9)8(11)12-2/h6-7,10H,3-5H2,1-2H3. The van der Waals surface area contributed by atoms with Crippen molar-refractivity contribution in [3.05, 3.63) is 0 Å². The number of rotatable bonds is 2. The van der Waals surface area contributed by atoms with Crippen molar-refractivity contribution in [3.8, 4) is 0 Å². The number of aliphatic hydroxyl groups excluding tert-OH is 1. The Kier molecular flexibility index (Phi) is 3.05. The van der Waals surface area contributed by atoms with E-state index in [1.54, 1.807) is 11.8 Å². The number of esters is 1. The molecule has 0 amide bonds. The molecule has 1 aliphatic heterocycles. The van der Waals surface area contributed by atoms with Gasteiger partial charge in [-0.3, -0.25) is 9.69 Å². The number of nitrogens with zero attached hydrogens (tertiary/aromatic N) is 1. The van der Waals surface area contributed by atoms with Crippen molar-refractivity contribution < 1.29 is 14.6 Å². The molecule has 0 aliphatic carbocycles. The molecule has 0 saturated carbocycles. The van der Waals surface area contributed by atoms with Gasteiger partial charge in [-0.05, 0) is 19.8 Å². The second kappa shape index (κ2) is 3.87. The van der Waals surface area contributed by atoms with Gasteiger partial charge < -0.3 is 9.84 Å². The molecule has 0 bridgehead atoms. The number of methoxy groups -OCH3 is 1. The van der Waals surface area contributed by atoms with Crippen LogP contribution in [0.4, 0.5) is 0 Å². The SMILES string of the molecule is COC(=O)C1CCCN1C(C)O. The van der Waals surface area contributed by atoms with E-state index in [1.165, 1.54) is 7.11 Å². The summed E-state index contributed by atoms with van der Waals surface area (Å²) in [6.45, 7) is 2.44. The summed E-state index contributed by atoms with van der Waals surface area (Å²) in [4.78, 5) is 12.9. The molecular weight excluding hydrogens is 158 g/mol.